The lowest BCUT2D eigenvalue weighted by atomic mass is 9.86. The highest BCUT2D eigenvalue weighted by atomic mass is 19.1. The first kappa shape index (κ1) is 19.0. The summed E-state index contributed by atoms with van der Waals surface area (Å²) < 4.78 is 16.5. The summed E-state index contributed by atoms with van der Waals surface area (Å²) in [6.45, 7) is 7.23. The zero-order valence-electron chi connectivity index (χ0n) is 17.3. The Labute approximate surface area is 170 Å². The van der Waals surface area contributed by atoms with Crippen LogP contribution in [-0.2, 0) is 16.2 Å². The number of alkyl halides is 1. The fourth-order valence-corrected chi connectivity index (χ4v) is 4.95. The summed E-state index contributed by atoms with van der Waals surface area (Å²) in [5.41, 5.74) is 0.0594. The second-order valence-electron chi connectivity index (χ2n) is 9.70. The molecule has 5 rings (SSSR count). The molecule has 4 heterocycles. The average Bonchev–Trinajstić information content (AvgIpc) is 3.30. The van der Waals surface area contributed by atoms with Crippen LogP contribution in [0.25, 0.3) is 0 Å². The third kappa shape index (κ3) is 3.56. The zero-order chi connectivity index (χ0) is 20.2. The summed E-state index contributed by atoms with van der Waals surface area (Å²) in [6, 6.07) is 0.348. The highest BCUT2D eigenvalue weighted by Crippen LogP contribution is 2.47. The van der Waals surface area contributed by atoms with E-state index in [1.165, 1.54) is 5.56 Å². The van der Waals surface area contributed by atoms with Gasteiger partial charge in [-0.1, -0.05) is 5.16 Å². The molecule has 1 aromatic rings. The lowest BCUT2D eigenvalue weighted by Crippen LogP contribution is -2.63. The van der Waals surface area contributed by atoms with Crippen molar-refractivity contribution in [2.24, 2.45) is 11.1 Å². The zero-order valence-corrected chi connectivity index (χ0v) is 17.3. The molecule has 1 aromatic heterocycles. The lowest BCUT2D eigenvalue weighted by molar-refractivity contribution is -0.139. The predicted octanol–water partition coefficient (Wildman–Crippen LogP) is 2.54. The Balaban J connectivity index is 1.17. The number of amides is 1. The van der Waals surface area contributed by atoms with Crippen molar-refractivity contribution in [2.45, 2.75) is 69.8 Å². The van der Waals surface area contributed by atoms with Gasteiger partial charge < -0.3 is 9.74 Å². The van der Waals surface area contributed by atoms with Gasteiger partial charge in [0.05, 0.1) is 19.3 Å². The van der Waals surface area contributed by atoms with Crippen molar-refractivity contribution < 1.29 is 14.0 Å². The van der Waals surface area contributed by atoms with Crippen molar-refractivity contribution in [3.63, 3.8) is 0 Å². The van der Waals surface area contributed by atoms with E-state index in [2.05, 4.69) is 35.2 Å². The third-order valence-electron chi connectivity index (χ3n) is 6.80. The Morgan fingerprint density at radius 2 is 2.14 bits per heavy atom. The summed E-state index contributed by atoms with van der Waals surface area (Å²) in [5, 5.41) is 8.58. The number of piperidine rings is 1. The van der Waals surface area contributed by atoms with E-state index in [1.54, 1.807) is 4.90 Å². The number of hydrogen-bond donors (Lipinski definition) is 0. The van der Waals surface area contributed by atoms with Crippen LogP contribution >= 0.6 is 0 Å². The molecule has 0 unspecified atom stereocenters. The van der Waals surface area contributed by atoms with Gasteiger partial charge in [0.2, 0.25) is 0 Å². The summed E-state index contributed by atoms with van der Waals surface area (Å²) in [4.78, 5) is 22.5. The van der Waals surface area contributed by atoms with Crippen LogP contribution in [0.3, 0.4) is 0 Å². The van der Waals surface area contributed by atoms with Gasteiger partial charge in [0, 0.05) is 37.3 Å². The highest BCUT2D eigenvalue weighted by molar-refractivity contribution is 6.39. The van der Waals surface area contributed by atoms with Gasteiger partial charge >= 0.3 is 0 Å². The van der Waals surface area contributed by atoms with Gasteiger partial charge in [-0.25, -0.2) is 4.39 Å². The molecule has 3 fully saturated rings. The van der Waals surface area contributed by atoms with Crippen LogP contribution in [-0.4, -0.2) is 68.6 Å². The molecule has 158 valence electrons. The Bertz CT molecular complexity index is 827. The van der Waals surface area contributed by atoms with Crippen molar-refractivity contribution in [1.29, 1.82) is 0 Å². The number of halogens is 1. The Kier molecular flexibility index (Phi) is 4.46. The van der Waals surface area contributed by atoms with Gasteiger partial charge in [-0.3, -0.25) is 14.4 Å². The van der Waals surface area contributed by atoms with Crippen LogP contribution in [0.1, 0.15) is 57.6 Å². The minimum atomic E-state index is -1.16. The SMILES string of the molecule is CC(C)n1cc(CN2CCC[C@@]3(CC(C(=O)N4CC(F)(C5CC5)C4)=NO3)C2)cn1. The van der Waals surface area contributed by atoms with Crippen LogP contribution < -0.4 is 0 Å². The van der Waals surface area contributed by atoms with Crippen LogP contribution in [0, 0.1) is 5.92 Å². The summed E-state index contributed by atoms with van der Waals surface area (Å²) >= 11 is 0. The molecule has 1 amide bonds. The van der Waals surface area contributed by atoms with Crippen molar-refractivity contribution in [1.82, 2.24) is 19.6 Å². The molecule has 0 radical (unpaired) electrons. The summed E-state index contributed by atoms with van der Waals surface area (Å²) in [7, 11) is 0. The molecule has 1 atom stereocenters. The maximum Gasteiger partial charge on any atom is 0.272 e. The van der Waals surface area contributed by atoms with Gasteiger partial charge in [-0.15, -0.1) is 0 Å². The molecule has 0 aromatic carbocycles. The quantitative estimate of drug-likeness (QED) is 0.758. The van der Waals surface area contributed by atoms with Gasteiger partial charge in [0.25, 0.3) is 5.91 Å². The smallest absolute Gasteiger partial charge is 0.272 e. The fraction of sp³-hybridized carbons (Fsp3) is 0.762. The number of aromatic nitrogens is 2. The number of likely N-dealkylation sites (tertiary alicyclic amines) is 2. The van der Waals surface area contributed by atoms with Crippen LogP contribution in [0.2, 0.25) is 0 Å². The molecule has 1 aliphatic carbocycles. The average molecular weight is 404 g/mol. The fourth-order valence-electron chi connectivity index (χ4n) is 4.95. The Hall–Kier alpha value is -1.96. The Morgan fingerprint density at radius 3 is 2.83 bits per heavy atom. The second kappa shape index (κ2) is 6.79. The standard InChI is InChI=1S/C21H30FN5O2/c1-15(2)27-11-16(9-23-27)10-25-7-3-6-20(12-25)8-18(24-29-20)19(28)26-13-21(22,14-26)17-4-5-17/h9,11,15,17H,3-8,10,12-14H2,1-2H3/t20-/m1/s1. The predicted molar refractivity (Wildman–Crippen MR) is 106 cm³/mol. The lowest BCUT2D eigenvalue weighted by Gasteiger charge is -2.44. The van der Waals surface area contributed by atoms with Crippen molar-refractivity contribution in [3.8, 4) is 0 Å². The van der Waals surface area contributed by atoms with Gasteiger partial charge in [0.15, 0.2) is 5.60 Å². The summed E-state index contributed by atoms with van der Waals surface area (Å²) in [5.74, 6) is 0.0118. The van der Waals surface area contributed by atoms with E-state index in [1.807, 2.05) is 10.9 Å². The van der Waals surface area contributed by atoms with E-state index in [-0.39, 0.29) is 24.9 Å². The van der Waals surface area contributed by atoms with E-state index in [9.17, 15) is 9.18 Å². The first-order valence-corrected chi connectivity index (χ1v) is 10.8. The van der Waals surface area contributed by atoms with E-state index >= 15 is 0 Å². The minimum absolute atomic E-state index is 0.147. The molecule has 3 aliphatic heterocycles. The third-order valence-corrected chi connectivity index (χ3v) is 6.80. The van der Waals surface area contributed by atoms with Crippen LogP contribution in [0.5, 0.6) is 0 Å². The molecule has 1 spiro atoms. The number of carbonyl (C=O) groups excluding carboxylic acids is 1. The van der Waals surface area contributed by atoms with Gasteiger partial charge in [-0.05, 0) is 52.0 Å². The van der Waals surface area contributed by atoms with Crippen molar-refractivity contribution in [2.75, 3.05) is 26.2 Å². The largest absolute Gasteiger partial charge is 0.387 e. The molecule has 2 saturated heterocycles. The number of carbonyl (C=O) groups is 1. The molecule has 7 nitrogen and oxygen atoms in total. The maximum atomic E-state index is 14.6. The molecular weight excluding hydrogens is 373 g/mol. The molecule has 0 N–H and O–H groups in total. The molecule has 29 heavy (non-hydrogen) atoms. The first-order chi connectivity index (χ1) is 13.9. The number of oxime groups is 1. The van der Waals surface area contributed by atoms with E-state index in [4.69, 9.17) is 4.84 Å². The summed E-state index contributed by atoms with van der Waals surface area (Å²) in [6.07, 6.45) is 8.36. The Morgan fingerprint density at radius 1 is 1.34 bits per heavy atom. The number of hydrogen-bond acceptors (Lipinski definition) is 5. The molecule has 4 aliphatic rings. The monoisotopic (exact) mass is 403 g/mol. The van der Waals surface area contributed by atoms with E-state index < -0.39 is 11.3 Å². The maximum absolute atomic E-state index is 14.6. The van der Waals surface area contributed by atoms with Crippen LogP contribution in [0.4, 0.5) is 4.39 Å². The van der Waals surface area contributed by atoms with E-state index in [0.29, 0.717) is 18.2 Å². The number of nitrogens with zero attached hydrogens (tertiary/aromatic N) is 5. The topological polar surface area (TPSA) is 63.0 Å². The van der Waals surface area contributed by atoms with Crippen molar-refractivity contribution >= 4 is 11.6 Å². The highest BCUT2D eigenvalue weighted by Gasteiger charge is 2.56. The van der Waals surface area contributed by atoms with Gasteiger partial charge in [-0.2, -0.15) is 5.10 Å². The molecular formula is C21H30FN5O2. The van der Waals surface area contributed by atoms with Crippen molar-refractivity contribution in [3.05, 3.63) is 18.0 Å². The molecule has 1 saturated carbocycles. The minimum Gasteiger partial charge on any atom is -0.387 e. The molecule has 0 bridgehead atoms. The van der Waals surface area contributed by atoms with E-state index in [0.717, 1.165) is 45.3 Å². The molecule has 8 heteroatoms. The normalized spacial score (nSPS) is 29.1. The first-order valence-electron chi connectivity index (χ1n) is 10.8. The van der Waals surface area contributed by atoms with Crippen LogP contribution in [0.15, 0.2) is 17.5 Å². The van der Waals surface area contributed by atoms with Gasteiger partial charge in [0.1, 0.15) is 11.4 Å². The number of rotatable bonds is 5. The second-order valence-corrected chi connectivity index (χ2v) is 9.70.